The summed E-state index contributed by atoms with van der Waals surface area (Å²) < 4.78 is 5.59. The maximum absolute atomic E-state index is 11.5. The maximum atomic E-state index is 11.5. The van der Waals surface area contributed by atoms with E-state index in [0.717, 1.165) is 18.8 Å². The lowest BCUT2D eigenvalue weighted by atomic mass is 10.1. The van der Waals surface area contributed by atoms with Crippen molar-refractivity contribution in [3.8, 4) is 0 Å². The number of H-pyrrole nitrogens is 1. The Morgan fingerprint density at radius 2 is 2.23 bits per heavy atom. The molecule has 0 saturated carbocycles. The first kappa shape index (κ1) is 15.1. The molecule has 0 radical (unpaired) electrons. The first-order valence-corrected chi connectivity index (χ1v) is 7.88. The molecule has 118 valence electrons. The molecule has 0 spiro atoms. The van der Waals surface area contributed by atoms with Crippen molar-refractivity contribution in [1.82, 2.24) is 15.1 Å². The van der Waals surface area contributed by atoms with Gasteiger partial charge < -0.3 is 9.73 Å². The van der Waals surface area contributed by atoms with Crippen LogP contribution in [0.3, 0.4) is 0 Å². The largest absolute Gasteiger partial charge is 0.468 e. The Bertz CT molecular complexity index is 650. The van der Waals surface area contributed by atoms with E-state index in [1.54, 1.807) is 6.26 Å². The van der Waals surface area contributed by atoms with Crippen molar-refractivity contribution in [1.29, 1.82) is 0 Å². The zero-order chi connectivity index (χ0) is 15.4. The highest BCUT2D eigenvalue weighted by Crippen LogP contribution is 2.26. The summed E-state index contributed by atoms with van der Waals surface area (Å²) in [5, 5.41) is 9.44. The highest BCUT2D eigenvalue weighted by atomic mass is 35.5. The van der Waals surface area contributed by atoms with Gasteiger partial charge in [-0.2, -0.15) is 5.10 Å². The normalized spacial score (nSPS) is 17.3. The van der Waals surface area contributed by atoms with Crippen molar-refractivity contribution < 1.29 is 4.42 Å². The van der Waals surface area contributed by atoms with Gasteiger partial charge in [-0.1, -0.05) is 18.0 Å². The highest BCUT2D eigenvalue weighted by molar-refractivity contribution is 6.32. The van der Waals surface area contributed by atoms with Crippen LogP contribution in [0.5, 0.6) is 0 Å². The molecule has 1 saturated heterocycles. The molecule has 1 aliphatic heterocycles. The van der Waals surface area contributed by atoms with Crippen molar-refractivity contribution in [2.75, 3.05) is 25.0 Å². The lowest BCUT2D eigenvalue weighted by Crippen LogP contribution is -2.37. The van der Waals surface area contributed by atoms with Gasteiger partial charge in [-0.3, -0.25) is 9.69 Å². The summed E-state index contributed by atoms with van der Waals surface area (Å²) in [7, 11) is 0. The van der Waals surface area contributed by atoms with Gasteiger partial charge in [0.25, 0.3) is 5.56 Å². The van der Waals surface area contributed by atoms with Crippen molar-refractivity contribution in [2.24, 2.45) is 0 Å². The van der Waals surface area contributed by atoms with Crippen molar-refractivity contribution in [3.63, 3.8) is 0 Å². The molecule has 2 N–H and O–H groups in total. The molecule has 1 atom stereocenters. The van der Waals surface area contributed by atoms with Crippen LogP contribution < -0.4 is 10.9 Å². The quantitative estimate of drug-likeness (QED) is 0.885. The Morgan fingerprint density at radius 1 is 1.41 bits per heavy atom. The zero-order valence-electron chi connectivity index (χ0n) is 12.2. The van der Waals surface area contributed by atoms with Gasteiger partial charge in [-0.15, -0.1) is 0 Å². The maximum Gasteiger partial charge on any atom is 0.285 e. The smallest absolute Gasteiger partial charge is 0.285 e. The van der Waals surface area contributed by atoms with E-state index in [1.807, 2.05) is 12.1 Å². The molecular formula is C15H19ClN4O2. The van der Waals surface area contributed by atoms with Gasteiger partial charge in [-0.05, 0) is 38.1 Å². The fourth-order valence-corrected chi connectivity index (χ4v) is 2.99. The predicted octanol–water partition coefficient (Wildman–Crippen LogP) is 2.66. The first-order valence-electron chi connectivity index (χ1n) is 7.50. The fraction of sp³-hybridized carbons (Fsp3) is 0.467. The molecule has 0 bridgehead atoms. The molecule has 0 aromatic carbocycles. The molecule has 1 aliphatic rings. The van der Waals surface area contributed by atoms with E-state index in [4.69, 9.17) is 16.0 Å². The summed E-state index contributed by atoms with van der Waals surface area (Å²) in [6, 6.07) is 4.00. The monoisotopic (exact) mass is 322 g/mol. The van der Waals surface area contributed by atoms with Gasteiger partial charge in [0.2, 0.25) is 0 Å². The summed E-state index contributed by atoms with van der Waals surface area (Å²) in [4.78, 5) is 13.9. The number of hydrogen-bond donors (Lipinski definition) is 2. The number of aromatic nitrogens is 2. The highest BCUT2D eigenvalue weighted by Gasteiger charge is 2.24. The number of nitrogens with one attached hydrogen (secondary N) is 2. The average molecular weight is 323 g/mol. The number of furan rings is 1. The lowest BCUT2D eigenvalue weighted by molar-refractivity contribution is 0.153. The predicted molar refractivity (Wildman–Crippen MR) is 85.2 cm³/mol. The van der Waals surface area contributed by atoms with Crippen molar-refractivity contribution >= 4 is 17.3 Å². The van der Waals surface area contributed by atoms with E-state index in [-0.39, 0.29) is 16.6 Å². The molecule has 2 aromatic heterocycles. The fourth-order valence-electron chi connectivity index (χ4n) is 2.83. The molecule has 0 amide bonds. The van der Waals surface area contributed by atoms with Gasteiger partial charge in [0.15, 0.2) is 0 Å². The van der Waals surface area contributed by atoms with Gasteiger partial charge in [0.1, 0.15) is 10.8 Å². The Kier molecular flexibility index (Phi) is 4.80. The van der Waals surface area contributed by atoms with Crippen LogP contribution in [0.4, 0.5) is 5.69 Å². The minimum atomic E-state index is -0.390. The van der Waals surface area contributed by atoms with Crippen LogP contribution in [0.1, 0.15) is 31.1 Å². The van der Waals surface area contributed by atoms with Crippen LogP contribution in [-0.2, 0) is 0 Å². The second kappa shape index (κ2) is 6.98. The van der Waals surface area contributed by atoms with E-state index in [2.05, 4.69) is 20.4 Å². The Hall–Kier alpha value is -1.79. The molecule has 3 rings (SSSR count). The Balaban J connectivity index is 1.75. The molecule has 1 fully saturated rings. The van der Waals surface area contributed by atoms with Crippen LogP contribution in [0.25, 0.3) is 0 Å². The Morgan fingerprint density at radius 3 is 2.95 bits per heavy atom. The van der Waals surface area contributed by atoms with E-state index >= 15 is 0 Å². The summed E-state index contributed by atoms with van der Waals surface area (Å²) in [5.74, 6) is 0.920. The lowest BCUT2D eigenvalue weighted by Gasteiger charge is -2.33. The number of piperidine rings is 1. The van der Waals surface area contributed by atoms with Crippen LogP contribution in [0.2, 0.25) is 5.02 Å². The molecule has 1 unspecified atom stereocenters. The van der Waals surface area contributed by atoms with Gasteiger partial charge >= 0.3 is 0 Å². The summed E-state index contributed by atoms with van der Waals surface area (Å²) in [6.07, 6.45) is 6.89. The molecule has 22 heavy (non-hydrogen) atoms. The number of aromatic amines is 1. The molecule has 2 aromatic rings. The standard InChI is InChI=1S/C15H19ClN4O2/c16-14-11(9-18-19-15(14)21)17-10-12(13-5-4-8-22-13)20-6-2-1-3-7-20/h4-5,8-9,12H,1-3,6-7,10H2,(H2,17,19,21). The van der Waals surface area contributed by atoms with Gasteiger partial charge in [-0.25, -0.2) is 5.10 Å². The van der Waals surface area contributed by atoms with Crippen molar-refractivity contribution in [3.05, 3.63) is 45.7 Å². The third-order valence-corrected chi connectivity index (χ3v) is 4.36. The van der Waals surface area contributed by atoms with E-state index in [1.165, 1.54) is 25.5 Å². The Labute approximate surface area is 133 Å². The van der Waals surface area contributed by atoms with Crippen LogP contribution >= 0.6 is 11.6 Å². The summed E-state index contributed by atoms with van der Waals surface area (Å²) >= 11 is 6.00. The molecule has 7 heteroatoms. The van der Waals surface area contributed by atoms with Gasteiger partial charge in [0, 0.05) is 6.54 Å². The first-order chi connectivity index (χ1) is 10.8. The number of hydrogen-bond acceptors (Lipinski definition) is 5. The minimum absolute atomic E-state index is 0.116. The minimum Gasteiger partial charge on any atom is -0.468 e. The van der Waals surface area contributed by atoms with Crippen LogP contribution in [0.15, 0.2) is 33.8 Å². The zero-order valence-corrected chi connectivity index (χ0v) is 13.0. The number of likely N-dealkylation sites (tertiary alicyclic amines) is 1. The van der Waals surface area contributed by atoms with Crippen LogP contribution in [-0.4, -0.2) is 34.7 Å². The van der Waals surface area contributed by atoms with Gasteiger partial charge in [0.05, 0.1) is 24.2 Å². The topological polar surface area (TPSA) is 74.2 Å². The second-order valence-electron chi connectivity index (χ2n) is 5.44. The van der Waals surface area contributed by atoms with Crippen molar-refractivity contribution in [2.45, 2.75) is 25.3 Å². The summed E-state index contributed by atoms with van der Waals surface area (Å²) in [6.45, 7) is 2.71. The number of anilines is 1. The molecule has 3 heterocycles. The van der Waals surface area contributed by atoms with E-state index in [0.29, 0.717) is 12.2 Å². The number of rotatable bonds is 5. The second-order valence-corrected chi connectivity index (χ2v) is 5.81. The average Bonchev–Trinajstić information content (AvgIpc) is 3.07. The number of nitrogens with zero attached hydrogens (tertiary/aromatic N) is 2. The number of halogens is 1. The molecule has 6 nitrogen and oxygen atoms in total. The molecule has 0 aliphatic carbocycles. The van der Waals surface area contributed by atoms with E-state index in [9.17, 15) is 4.79 Å². The summed E-state index contributed by atoms with van der Waals surface area (Å²) in [5.41, 5.74) is 0.151. The van der Waals surface area contributed by atoms with Crippen LogP contribution in [0, 0.1) is 0 Å². The van der Waals surface area contributed by atoms with E-state index < -0.39 is 0 Å². The third kappa shape index (κ3) is 3.34. The third-order valence-electron chi connectivity index (χ3n) is 3.98. The SMILES string of the molecule is O=c1[nH]ncc(NCC(c2ccco2)N2CCCCC2)c1Cl. The molecular weight excluding hydrogens is 304 g/mol.